The maximum absolute atomic E-state index is 14.8. The third-order valence-corrected chi connectivity index (χ3v) is 7.10. The minimum Gasteiger partial charge on any atom is -0.354 e. The van der Waals surface area contributed by atoms with Crippen molar-refractivity contribution in [3.63, 3.8) is 0 Å². The van der Waals surface area contributed by atoms with E-state index in [1.807, 2.05) is 0 Å². The largest absolute Gasteiger partial charge is 0.354 e. The molecule has 2 aliphatic rings. The number of amides is 2. The minimum absolute atomic E-state index is 0.282. The third kappa shape index (κ3) is 5.64. The molecule has 2 aliphatic heterocycles. The van der Waals surface area contributed by atoms with Crippen LogP contribution in [0.15, 0.2) is 35.5 Å². The average molecular weight is 484 g/mol. The molecule has 1 unspecified atom stereocenters. The Bertz CT molecular complexity index is 1090. The van der Waals surface area contributed by atoms with Gasteiger partial charge in [0.2, 0.25) is 0 Å². The summed E-state index contributed by atoms with van der Waals surface area (Å²) in [5, 5.41) is 1.82. The molecule has 1 aromatic carbocycles. The maximum Gasteiger partial charge on any atom is 0.290 e. The number of thioether (sulfide) groups is 1. The quantitative estimate of drug-likeness (QED) is 0.572. The lowest BCUT2D eigenvalue weighted by molar-refractivity contribution is -0.115. The van der Waals surface area contributed by atoms with E-state index < -0.39 is 17.0 Å². The predicted octanol–water partition coefficient (Wildman–Crippen LogP) is 4.70. The number of imide groups is 1. The summed E-state index contributed by atoms with van der Waals surface area (Å²) in [5.74, 6) is -0.120. The minimum atomic E-state index is -0.442. The van der Waals surface area contributed by atoms with Crippen LogP contribution in [0.2, 0.25) is 0 Å². The highest BCUT2D eigenvalue weighted by atomic mass is 32.2. The number of nitrogens with zero attached hydrogens (tertiary/aromatic N) is 4. The van der Waals surface area contributed by atoms with Gasteiger partial charge in [-0.25, -0.2) is 9.37 Å². The Morgan fingerprint density at radius 2 is 2.03 bits per heavy atom. The Balaban J connectivity index is 1.54. The highest BCUT2D eigenvalue weighted by molar-refractivity contribution is 8.18. The fourth-order valence-corrected chi connectivity index (χ4v) is 5.23. The summed E-state index contributed by atoms with van der Waals surface area (Å²) in [6.45, 7) is 8.27. The number of hydrogen-bond acceptors (Lipinski definition) is 7. The highest BCUT2D eigenvalue weighted by Gasteiger charge is 2.25. The zero-order chi connectivity index (χ0) is 24.1. The van der Waals surface area contributed by atoms with Crippen LogP contribution >= 0.6 is 11.8 Å². The van der Waals surface area contributed by atoms with Crippen molar-refractivity contribution in [1.29, 1.82) is 0 Å². The molecule has 0 aliphatic carbocycles. The molecule has 4 rings (SSSR count). The Hall–Kier alpha value is -2.78. The van der Waals surface area contributed by atoms with Gasteiger partial charge in [0.1, 0.15) is 11.6 Å². The Kier molecular flexibility index (Phi) is 7.95. The fourth-order valence-electron chi connectivity index (χ4n) is 4.55. The van der Waals surface area contributed by atoms with Crippen LogP contribution in [-0.4, -0.2) is 58.2 Å². The van der Waals surface area contributed by atoms with Gasteiger partial charge in [-0.1, -0.05) is 26.3 Å². The average Bonchev–Trinajstić information content (AvgIpc) is 3.01. The van der Waals surface area contributed by atoms with Gasteiger partial charge in [-0.2, -0.15) is 0 Å². The number of carbonyl (C=O) groups excluding carboxylic acids is 2. The third-order valence-electron chi connectivity index (χ3n) is 6.29. The van der Waals surface area contributed by atoms with Gasteiger partial charge in [-0.15, -0.1) is 0 Å². The van der Waals surface area contributed by atoms with Gasteiger partial charge in [-0.05, 0) is 54.8 Å². The van der Waals surface area contributed by atoms with Gasteiger partial charge in [0, 0.05) is 37.8 Å². The van der Waals surface area contributed by atoms with E-state index in [4.69, 9.17) is 4.98 Å². The first kappa shape index (κ1) is 24.3. The summed E-state index contributed by atoms with van der Waals surface area (Å²) < 4.78 is 14.8. The van der Waals surface area contributed by atoms with Crippen LogP contribution in [-0.2, 0) is 4.79 Å². The number of halogens is 1. The number of hydrogen-bond donors (Lipinski definition) is 1. The number of anilines is 1. The van der Waals surface area contributed by atoms with E-state index in [0.29, 0.717) is 22.9 Å². The first-order chi connectivity index (χ1) is 16.5. The maximum atomic E-state index is 14.8. The second-order valence-electron chi connectivity index (χ2n) is 8.58. The number of nitrogens with one attached hydrogen (secondary N) is 1. The second-order valence-corrected chi connectivity index (χ2v) is 9.60. The molecule has 1 aromatic heterocycles. The lowest BCUT2D eigenvalue weighted by Crippen LogP contribution is -2.38. The molecule has 2 saturated heterocycles. The normalized spacial score (nSPS) is 19.4. The van der Waals surface area contributed by atoms with Crippen LogP contribution in [0.5, 0.6) is 0 Å². The van der Waals surface area contributed by atoms with E-state index in [1.54, 1.807) is 30.6 Å². The van der Waals surface area contributed by atoms with Crippen LogP contribution in [0.3, 0.4) is 0 Å². The van der Waals surface area contributed by atoms with Gasteiger partial charge >= 0.3 is 0 Å². The van der Waals surface area contributed by atoms with Gasteiger partial charge < -0.3 is 4.90 Å². The van der Waals surface area contributed by atoms with Gasteiger partial charge in [0.25, 0.3) is 11.1 Å². The van der Waals surface area contributed by atoms with Crippen LogP contribution in [0.1, 0.15) is 45.1 Å². The predicted molar refractivity (Wildman–Crippen MR) is 134 cm³/mol. The first-order valence-corrected chi connectivity index (χ1v) is 12.7. The van der Waals surface area contributed by atoms with Gasteiger partial charge in [0.15, 0.2) is 0 Å². The van der Waals surface area contributed by atoms with Crippen molar-refractivity contribution in [2.45, 2.75) is 45.6 Å². The fraction of sp³-hybridized carbons (Fsp3) is 0.440. The molecule has 2 fully saturated rings. The summed E-state index contributed by atoms with van der Waals surface area (Å²) in [6, 6.07) is 5.17. The van der Waals surface area contributed by atoms with Crippen molar-refractivity contribution in [3.05, 3.63) is 46.9 Å². The number of carbonyl (C=O) groups is 2. The Morgan fingerprint density at radius 3 is 2.76 bits per heavy atom. The molecule has 34 heavy (non-hydrogen) atoms. The van der Waals surface area contributed by atoms with Crippen molar-refractivity contribution in [3.8, 4) is 11.3 Å². The number of rotatable bonds is 7. The Morgan fingerprint density at radius 1 is 1.18 bits per heavy atom. The van der Waals surface area contributed by atoms with E-state index in [2.05, 4.69) is 33.9 Å². The van der Waals surface area contributed by atoms with Crippen LogP contribution in [0, 0.1) is 5.82 Å². The molecular weight excluding hydrogens is 453 g/mol. The molecule has 0 spiro atoms. The SMILES string of the molecule is CCCC(CC)N1CCCN(c2cncc(-c3cc(C=C4SC(=O)NC4=O)ccc3F)n2)CC1. The Labute approximate surface area is 203 Å². The molecule has 7 nitrogen and oxygen atoms in total. The van der Waals surface area contributed by atoms with Gasteiger partial charge in [-0.3, -0.25) is 24.8 Å². The van der Waals surface area contributed by atoms with Crippen LogP contribution in [0.25, 0.3) is 17.3 Å². The molecule has 2 amide bonds. The zero-order valence-electron chi connectivity index (χ0n) is 19.6. The van der Waals surface area contributed by atoms with E-state index in [1.165, 1.54) is 18.9 Å². The topological polar surface area (TPSA) is 78.4 Å². The molecule has 1 N–H and O–H groups in total. The molecule has 0 saturated carbocycles. The van der Waals surface area contributed by atoms with E-state index in [-0.39, 0.29) is 4.91 Å². The van der Waals surface area contributed by atoms with Crippen LogP contribution in [0.4, 0.5) is 15.0 Å². The molecular formula is C25H30FN5O2S. The van der Waals surface area contributed by atoms with Crippen molar-refractivity contribution >= 4 is 34.8 Å². The molecule has 180 valence electrons. The highest BCUT2D eigenvalue weighted by Crippen LogP contribution is 2.29. The molecule has 0 radical (unpaired) electrons. The molecule has 9 heteroatoms. The van der Waals surface area contributed by atoms with E-state index in [9.17, 15) is 14.0 Å². The van der Waals surface area contributed by atoms with Crippen molar-refractivity contribution < 1.29 is 14.0 Å². The molecule has 0 bridgehead atoms. The number of benzene rings is 1. The van der Waals surface area contributed by atoms with Gasteiger partial charge in [0.05, 0.1) is 23.0 Å². The summed E-state index contributed by atoms with van der Waals surface area (Å²) >= 11 is 0.833. The standard InChI is InChI=1S/C25H30FN5O2S/c1-3-6-18(4-2)30-9-5-10-31(12-11-30)23-16-27-15-21(28-23)19-13-17(7-8-20(19)26)14-22-24(32)29-25(33)34-22/h7-8,13-16,18H,3-6,9-12H2,1-2H3,(H,29,32,33). The van der Waals surface area contributed by atoms with E-state index >= 15 is 0 Å². The second kappa shape index (κ2) is 11.1. The zero-order valence-corrected chi connectivity index (χ0v) is 20.4. The summed E-state index contributed by atoms with van der Waals surface area (Å²) in [6.07, 6.45) is 9.47. The summed E-state index contributed by atoms with van der Waals surface area (Å²) in [5.41, 5.74) is 1.36. The molecule has 1 atom stereocenters. The van der Waals surface area contributed by atoms with Crippen molar-refractivity contribution in [1.82, 2.24) is 20.2 Å². The molecule has 2 aromatic rings. The number of aromatic nitrogens is 2. The van der Waals surface area contributed by atoms with E-state index in [0.717, 1.165) is 56.6 Å². The van der Waals surface area contributed by atoms with Crippen molar-refractivity contribution in [2.75, 3.05) is 31.1 Å². The van der Waals surface area contributed by atoms with Crippen LogP contribution < -0.4 is 10.2 Å². The lowest BCUT2D eigenvalue weighted by atomic mass is 10.1. The van der Waals surface area contributed by atoms with Crippen molar-refractivity contribution in [2.24, 2.45) is 0 Å². The monoisotopic (exact) mass is 483 g/mol. The molecule has 3 heterocycles. The lowest BCUT2D eigenvalue weighted by Gasteiger charge is -2.29. The summed E-state index contributed by atoms with van der Waals surface area (Å²) in [4.78, 5) is 37.5. The first-order valence-electron chi connectivity index (χ1n) is 11.8. The smallest absolute Gasteiger partial charge is 0.290 e. The summed E-state index contributed by atoms with van der Waals surface area (Å²) in [7, 11) is 0.